The second kappa shape index (κ2) is 12.1. The Morgan fingerprint density at radius 1 is 0.936 bits per heavy atom. The Hall–Kier alpha value is -1.96. The minimum absolute atomic E-state index is 0.0541. The lowest BCUT2D eigenvalue weighted by Gasteiger charge is -2.72. The third-order valence-corrected chi connectivity index (χ3v) is 15.5. The summed E-state index contributed by atoms with van der Waals surface area (Å²) in [6.07, 6.45) is 10.3. The third-order valence-electron chi connectivity index (χ3n) is 15.5. The molecule has 4 saturated carbocycles. The number of hydrogen-bond acceptors (Lipinski definition) is 7. The lowest BCUT2D eigenvalue weighted by Crippen LogP contribution is -2.72. The van der Waals surface area contributed by atoms with Crippen LogP contribution in [0, 0.1) is 56.2 Å². The second-order valence-corrected chi connectivity index (χ2v) is 17.8. The SMILES string of the molecule is C/C=C\C(=O)O[C@H]1[C@H](OC(=O)/C(C)=C\C)[C@@]2(CO)C(CC1(C)C)C1=CCC3[C@@]4(C)CC[C@H](C)[C@](C)(CO)C4CC[C@@]3(C)[C@]1(C)C[C@H]2O. The smallest absolute Gasteiger partial charge is 0.333 e. The average molecular weight is 655 g/mol. The topological polar surface area (TPSA) is 113 Å². The van der Waals surface area contributed by atoms with E-state index < -0.39 is 47.7 Å². The number of aliphatic hydroxyl groups excluding tert-OH is 3. The fraction of sp³-hybridized carbons (Fsp3) is 0.800. The van der Waals surface area contributed by atoms with Crippen molar-refractivity contribution in [2.75, 3.05) is 13.2 Å². The van der Waals surface area contributed by atoms with Crippen LogP contribution in [0.15, 0.2) is 35.5 Å². The van der Waals surface area contributed by atoms with Crippen LogP contribution in [0.3, 0.4) is 0 Å². The van der Waals surface area contributed by atoms with Gasteiger partial charge in [-0.2, -0.15) is 0 Å². The number of rotatable bonds is 6. The molecule has 0 radical (unpaired) electrons. The molecule has 5 aliphatic rings. The molecule has 0 aromatic rings. The Balaban J connectivity index is 1.65. The molecule has 0 saturated heterocycles. The lowest BCUT2D eigenvalue weighted by atomic mass is 9.32. The highest BCUT2D eigenvalue weighted by molar-refractivity contribution is 5.88. The minimum atomic E-state index is -1.24. The van der Waals surface area contributed by atoms with Gasteiger partial charge < -0.3 is 24.8 Å². The van der Waals surface area contributed by atoms with Crippen LogP contribution >= 0.6 is 0 Å². The number of carbonyl (C=O) groups excluding carboxylic acids is 2. The second-order valence-electron chi connectivity index (χ2n) is 17.8. The molecule has 3 N–H and O–H groups in total. The summed E-state index contributed by atoms with van der Waals surface area (Å²) in [7, 11) is 0. The van der Waals surface area contributed by atoms with E-state index in [9.17, 15) is 24.9 Å². The fourth-order valence-electron chi connectivity index (χ4n) is 12.1. The van der Waals surface area contributed by atoms with Crippen LogP contribution in [0.1, 0.15) is 114 Å². The predicted molar refractivity (Wildman–Crippen MR) is 183 cm³/mol. The molecule has 3 unspecified atom stereocenters. The summed E-state index contributed by atoms with van der Waals surface area (Å²) in [5.41, 5.74) is -0.741. The molecule has 264 valence electrons. The van der Waals surface area contributed by atoms with Crippen molar-refractivity contribution in [2.24, 2.45) is 56.2 Å². The molecular formula is C40H62O7. The Labute approximate surface area is 283 Å². The first kappa shape index (κ1) is 36.3. The van der Waals surface area contributed by atoms with Crippen LogP contribution in [0.25, 0.3) is 0 Å². The summed E-state index contributed by atoms with van der Waals surface area (Å²) >= 11 is 0. The van der Waals surface area contributed by atoms with Crippen molar-refractivity contribution in [1.29, 1.82) is 0 Å². The van der Waals surface area contributed by atoms with Gasteiger partial charge in [-0.25, -0.2) is 9.59 Å². The molecular weight excluding hydrogens is 592 g/mol. The van der Waals surface area contributed by atoms with E-state index in [1.54, 1.807) is 32.9 Å². The van der Waals surface area contributed by atoms with Gasteiger partial charge in [0.25, 0.3) is 0 Å². The Bertz CT molecular complexity index is 1350. The standard InChI is InChI=1S/C40H62O7/c1-11-13-31(44)46-32-33(47-34(45)24(3)12-2)40(23-42)27(20-35(32,5)6)26-14-15-29-36(7)18-16-25(4)37(8,22-41)28(36)17-19-38(29,9)39(26,10)21-30(40)43/h11-14,25,27-30,32-33,41-43H,15-23H2,1-10H3/b13-11-,24-12-/t25-,27?,28?,29?,30+,32-,33-,36-,37-,38+,39+,40-/m0/s1. The number of fused-ring (bicyclic) bond motifs is 7. The van der Waals surface area contributed by atoms with E-state index in [-0.39, 0.29) is 34.2 Å². The van der Waals surface area contributed by atoms with E-state index in [1.807, 2.05) is 13.8 Å². The van der Waals surface area contributed by atoms with Crippen molar-refractivity contribution < 1.29 is 34.4 Å². The summed E-state index contributed by atoms with van der Waals surface area (Å²) in [6.45, 7) is 21.0. The summed E-state index contributed by atoms with van der Waals surface area (Å²) in [6, 6.07) is 0. The van der Waals surface area contributed by atoms with Crippen LogP contribution in [0.2, 0.25) is 0 Å². The molecule has 5 aliphatic carbocycles. The molecule has 0 amide bonds. The van der Waals surface area contributed by atoms with Crippen LogP contribution < -0.4 is 0 Å². The van der Waals surface area contributed by atoms with E-state index in [4.69, 9.17) is 9.47 Å². The predicted octanol–water partition coefficient (Wildman–Crippen LogP) is 6.95. The minimum Gasteiger partial charge on any atom is -0.455 e. The first-order valence-electron chi connectivity index (χ1n) is 18.2. The maximum absolute atomic E-state index is 13.5. The maximum Gasteiger partial charge on any atom is 0.333 e. The molecule has 12 atom stereocenters. The zero-order chi connectivity index (χ0) is 35.0. The summed E-state index contributed by atoms with van der Waals surface area (Å²) in [4.78, 5) is 26.4. The molecule has 0 aliphatic heterocycles. The zero-order valence-electron chi connectivity index (χ0n) is 30.7. The van der Waals surface area contributed by atoms with Crippen molar-refractivity contribution in [3.63, 3.8) is 0 Å². The molecule has 0 heterocycles. The molecule has 7 heteroatoms. The van der Waals surface area contributed by atoms with Gasteiger partial charge in [-0.05, 0) is 111 Å². The molecule has 0 spiro atoms. The van der Waals surface area contributed by atoms with Gasteiger partial charge in [-0.1, -0.05) is 72.3 Å². The molecule has 5 rings (SSSR count). The average Bonchev–Trinajstić information content (AvgIpc) is 3.01. The van der Waals surface area contributed by atoms with Gasteiger partial charge in [0.2, 0.25) is 0 Å². The van der Waals surface area contributed by atoms with Crippen molar-refractivity contribution in [3.8, 4) is 0 Å². The highest BCUT2D eigenvalue weighted by Crippen LogP contribution is 2.76. The Kier molecular flexibility index (Phi) is 9.37. The molecule has 4 fully saturated rings. The normalized spacial score (nSPS) is 47.6. The summed E-state index contributed by atoms with van der Waals surface area (Å²) in [5, 5.41) is 34.7. The van der Waals surface area contributed by atoms with Crippen LogP contribution in [-0.4, -0.2) is 58.8 Å². The highest BCUT2D eigenvalue weighted by atomic mass is 16.6. The first-order valence-corrected chi connectivity index (χ1v) is 18.2. The van der Waals surface area contributed by atoms with Crippen LogP contribution in [0.5, 0.6) is 0 Å². The fourth-order valence-corrected chi connectivity index (χ4v) is 12.1. The third kappa shape index (κ3) is 4.98. The quantitative estimate of drug-likeness (QED) is 0.162. The monoisotopic (exact) mass is 654 g/mol. The van der Waals surface area contributed by atoms with E-state index in [2.05, 4.69) is 40.7 Å². The summed E-state index contributed by atoms with van der Waals surface area (Å²) < 4.78 is 12.4. The van der Waals surface area contributed by atoms with Gasteiger partial charge >= 0.3 is 11.9 Å². The molecule has 47 heavy (non-hydrogen) atoms. The van der Waals surface area contributed by atoms with E-state index >= 15 is 0 Å². The van der Waals surface area contributed by atoms with Gasteiger partial charge in [0.15, 0.2) is 6.10 Å². The van der Waals surface area contributed by atoms with Gasteiger partial charge in [-0.3, -0.25) is 0 Å². The number of hydrogen-bond donors (Lipinski definition) is 3. The Morgan fingerprint density at radius 2 is 1.62 bits per heavy atom. The van der Waals surface area contributed by atoms with Crippen molar-refractivity contribution in [2.45, 2.75) is 132 Å². The molecule has 7 nitrogen and oxygen atoms in total. The highest BCUT2D eigenvalue weighted by Gasteiger charge is 2.73. The van der Waals surface area contributed by atoms with E-state index in [1.165, 1.54) is 11.6 Å². The number of allylic oxidation sites excluding steroid dienone is 4. The van der Waals surface area contributed by atoms with Crippen molar-refractivity contribution >= 4 is 11.9 Å². The van der Waals surface area contributed by atoms with Gasteiger partial charge in [0.05, 0.1) is 18.1 Å². The van der Waals surface area contributed by atoms with E-state index in [0.717, 1.165) is 32.1 Å². The Morgan fingerprint density at radius 3 is 2.21 bits per heavy atom. The van der Waals surface area contributed by atoms with Crippen molar-refractivity contribution in [1.82, 2.24) is 0 Å². The van der Waals surface area contributed by atoms with Crippen molar-refractivity contribution in [3.05, 3.63) is 35.5 Å². The molecule has 0 bridgehead atoms. The summed E-state index contributed by atoms with van der Waals surface area (Å²) in [5.74, 6) is -0.0908. The van der Waals surface area contributed by atoms with Gasteiger partial charge in [0, 0.05) is 23.7 Å². The van der Waals surface area contributed by atoms with Crippen LogP contribution in [0.4, 0.5) is 0 Å². The number of aliphatic hydroxyl groups is 3. The zero-order valence-corrected chi connectivity index (χ0v) is 30.7. The number of ether oxygens (including phenoxy) is 2. The largest absolute Gasteiger partial charge is 0.455 e. The maximum atomic E-state index is 13.5. The molecule has 0 aromatic heterocycles. The molecule has 0 aromatic carbocycles. The number of esters is 2. The van der Waals surface area contributed by atoms with E-state index in [0.29, 0.717) is 36.2 Å². The first-order chi connectivity index (χ1) is 21.9. The van der Waals surface area contributed by atoms with Gasteiger partial charge in [-0.15, -0.1) is 0 Å². The number of carbonyl (C=O) groups is 2. The van der Waals surface area contributed by atoms with Gasteiger partial charge in [0.1, 0.15) is 6.10 Å². The lowest BCUT2D eigenvalue weighted by molar-refractivity contribution is -0.265. The van der Waals surface area contributed by atoms with Crippen LogP contribution in [-0.2, 0) is 19.1 Å².